The molecule has 0 aromatic heterocycles. The van der Waals surface area contributed by atoms with Gasteiger partial charge in [0.1, 0.15) is 5.75 Å². The topological polar surface area (TPSA) is 20.2 Å². The summed E-state index contributed by atoms with van der Waals surface area (Å²) < 4.78 is 0. The molecule has 0 aliphatic carbocycles. The minimum absolute atomic E-state index is 0. The van der Waals surface area contributed by atoms with E-state index < -0.39 is 0 Å². The monoisotopic (exact) mass is 232 g/mol. The Labute approximate surface area is 88.8 Å². The van der Waals surface area contributed by atoms with Crippen LogP contribution in [0.2, 0.25) is 0 Å². The van der Waals surface area contributed by atoms with Crippen molar-refractivity contribution in [2.75, 3.05) is 0 Å². The van der Waals surface area contributed by atoms with Crippen molar-refractivity contribution in [3.05, 3.63) is 30.3 Å². The van der Waals surface area contributed by atoms with E-state index in [2.05, 4.69) is 0 Å². The Morgan fingerprint density at radius 1 is 1.00 bits per heavy atom. The molecule has 0 spiro atoms. The normalized spacial score (nSPS) is 7.50. The second-order valence-corrected chi connectivity index (χ2v) is 1.34. The van der Waals surface area contributed by atoms with Gasteiger partial charge in [0.25, 0.3) is 0 Å². The first-order valence-electron chi connectivity index (χ1n) is 2.13. The van der Waals surface area contributed by atoms with Crippen molar-refractivity contribution in [3.8, 4) is 5.75 Å². The summed E-state index contributed by atoms with van der Waals surface area (Å²) in [4.78, 5) is 0. The Balaban J connectivity index is 0.000000490. The van der Waals surface area contributed by atoms with Gasteiger partial charge in [-0.15, -0.1) is 0 Å². The number of phenolic OH excluding ortho intramolecular Hbond substituents is 1. The Bertz CT molecular complexity index is 138. The van der Waals surface area contributed by atoms with Crippen LogP contribution in [0.15, 0.2) is 30.3 Å². The Hall–Kier alpha value is 0.591. The van der Waals surface area contributed by atoms with E-state index in [1.165, 1.54) is 0 Å². The molecule has 0 saturated heterocycles. The van der Waals surface area contributed by atoms with Crippen LogP contribution in [-0.4, -0.2) is 54.0 Å². The molecular weight excluding hydrogens is 225 g/mol. The van der Waals surface area contributed by atoms with E-state index in [9.17, 15) is 0 Å². The van der Waals surface area contributed by atoms with Gasteiger partial charge in [-0.3, -0.25) is 0 Å². The van der Waals surface area contributed by atoms with E-state index >= 15 is 0 Å². The first-order valence-corrected chi connectivity index (χ1v) is 2.13. The third kappa shape index (κ3) is 2.79. The van der Waals surface area contributed by atoms with Gasteiger partial charge in [0.15, 0.2) is 0 Å². The summed E-state index contributed by atoms with van der Waals surface area (Å²) in [5.74, 6) is 0.322. The predicted octanol–water partition coefficient (Wildman–Crippen LogP) is 1.01. The van der Waals surface area contributed by atoms with Gasteiger partial charge < -0.3 is 5.11 Å². The number of para-hydroxylation sites is 1. The molecule has 0 atom stereocenters. The van der Waals surface area contributed by atoms with Crippen molar-refractivity contribution in [1.82, 2.24) is 0 Å². The van der Waals surface area contributed by atoms with Gasteiger partial charge in [0.05, 0.1) is 0 Å². The molecule has 0 aliphatic heterocycles. The maximum Gasteiger partial charge on any atom is 0.115 e. The van der Waals surface area contributed by atoms with Crippen molar-refractivity contribution in [2.24, 2.45) is 0 Å². The smallest absolute Gasteiger partial charge is 0.115 e. The van der Waals surface area contributed by atoms with Crippen molar-refractivity contribution >= 4 is 48.9 Å². The Kier molecular flexibility index (Phi) is 4.80. The number of aromatic hydroxyl groups is 1. The van der Waals surface area contributed by atoms with E-state index in [0.29, 0.717) is 5.75 Å². The summed E-state index contributed by atoms with van der Waals surface area (Å²) in [6, 6.07) is 8.71. The van der Waals surface area contributed by atoms with Gasteiger partial charge in [-0.2, -0.15) is 0 Å². The number of hydrogen-bond donors (Lipinski definition) is 1. The fourth-order valence-corrected chi connectivity index (χ4v) is 0.428. The van der Waals surface area contributed by atoms with Crippen LogP contribution in [-0.2, 0) is 0 Å². The van der Waals surface area contributed by atoms with Crippen molar-refractivity contribution in [2.45, 2.75) is 0 Å². The van der Waals surface area contributed by atoms with E-state index in [1.54, 1.807) is 24.3 Å². The van der Waals surface area contributed by atoms with Crippen LogP contribution in [0.3, 0.4) is 0 Å². The van der Waals surface area contributed by atoms with Crippen LogP contribution >= 0.6 is 0 Å². The average Bonchev–Trinajstić information content (AvgIpc) is 1.69. The number of benzene rings is 1. The zero-order valence-corrected chi connectivity index (χ0v) is 8.98. The molecule has 1 aromatic rings. The van der Waals surface area contributed by atoms with Crippen molar-refractivity contribution in [1.29, 1.82) is 0 Å². The largest absolute Gasteiger partial charge is 0.508 e. The molecule has 1 nitrogen and oxygen atoms in total. The molecule has 1 N–H and O–H groups in total. The van der Waals surface area contributed by atoms with Crippen LogP contribution in [0.25, 0.3) is 0 Å². The van der Waals surface area contributed by atoms with Crippen LogP contribution in [0.5, 0.6) is 5.75 Å². The Morgan fingerprint density at radius 2 is 1.50 bits per heavy atom. The molecule has 0 unspecified atom stereocenters. The van der Waals surface area contributed by atoms with Crippen LogP contribution in [0.1, 0.15) is 0 Å². The van der Waals surface area contributed by atoms with Crippen molar-refractivity contribution < 1.29 is 5.11 Å². The van der Waals surface area contributed by atoms with E-state index in [4.69, 9.17) is 5.11 Å². The van der Waals surface area contributed by atoms with Gasteiger partial charge in [-0.25, -0.2) is 0 Å². The van der Waals surface area contributed by atoms with Crippen molar-refractivity contribution in [3.63, 3.8) is 0 Å². The molecule has 38 valence electrons. The SMILES string of the molecule is Oc1ccccc1.[Ba]. The quantitative estimate of drug-likeness (QED) is 0.661. The van der Waals surface area contributed by atoms with E-state index in [1.807, 2.05) is 6.07 Å². The molecule has 2 radical (unpaired) electrons. The molecule has 0 saturated carbocycles. The van der Waals surface area contributed by atoms with Gasteiger partial charge in [-0.05, 0) is 12.1 Å². The predicted molar refractivity (Wildman–Crippen MR) is 33.9 cm³/mol. The van der Waals surface area contributed by atoms with Gasteiger partial charge in [0, 0.05) is 48.9 Å². The van der Waals surface area contributed by atoms with E-state index in [0.717, 1.165) is 0 Å². The fourth-order valence-electron chi connectivity index (χ4n) is 0.428. The second kappa shape index (κ2) is 4.47. The molecular formula is C6H6BaO. The molecule has 8 heavy (non-hydrogen) atoms. The summed E-state index contributed by atoms with van der Waals surface area (Å²) in [5.41, 5.74) is 0. The van der Waals surface area contributed by atoms with Gasteiger partial charge in [0.2, 0.25) is 0 Å². The first kappa shape index (κ1) is 8.59. The molecule has 2 heteroatoms. The van der Waals surface area contributed by atoms with Gasteiger partial charge >= 0.3 is 0 Å². The van der Waals surface area contributed by atoms with Crippen LogP contribution < -0.4 is 0 Å². The molecule has 0 heterocycles. The maximum atomic E-state index is 8.63. The number of hydrogen-bond acceptors (Lipinski definition) is 1. The van der Waals surface area contributed by atoms with Gasteiger partial charge in [-0.1, -0.05) is 18.2 Å². The summed E-state index contributed by atoms with van der Waals surface area (Å²) >= 11 is 0. The minimum atomic E-state index is 0. The minimum Gasteiger partial charge on any atom is -0.508 e. The first-order chi connectivity index (χ1) is 3.39. The summed E-state index contributed by atoms with van der Waals surface area (Å²) in [6.45, 7) is 0. The maximum absolute atomic E-state index is 8.63. The number of phenols is 1. The van der Waals surface area contributed by atoms with E-state index in [-0.39, 0.29) is 48.9 Å². The summed E-state index contributed by atoms with van der Waals surface area (Å²) in [6.07, 6.45) is 0. The van der Waals surface area contributed by atoms with Crippen LogP contribution in [0.4, 0.5) is 0 Å². The molecule has 0 fully saturated rings. The third-order valence-corrected chi connectivity index (χ3v) is 0.756. The molecule has 0 amide bonds. The number of rotatable bonds is 0. The third-order valence-electron chi connectivity index (χ3n) is 0.756. The molecule has 1 aromatic carbocycles. The zero-order valence-electron chi connectivity index (χ0n) is 4.54. The molecule has 0 bridgehead atoms. The summed E-state index contributed by atoms with van der Waals surface area (Å²) in [5, 5.41) is 8.63. The Morgan fingerprint density at radius 3 is 1.75 bits per heavy atom. The zero-order chi connectivity index (χ0) is 5.11. The fraction of sp³-hybridized carbons (Fsp3) is 0. The standard InChI is InChI=1S/C6H6O.Ba/c7-6-4-2-1-3-5-6;/h1-5,7H;. The molecule has 1 rings (SSSR count). The average molecular weight is 231 g/mol. The molecule has 0 aliphatic rings. The summed E-state index contributed by atoms with van der Waals surface area (Å²) in [7, 11) is 0. The van der Waals surface area contributed by atoms with Crippen LogP contribution in [0, 0.1) is 0 Å². The second-order valence-electron chi connectivity index (χ2n) is 1.34.